The van der Waals surface area contributed by atoms with Gasteiger partial charge in [-0.05, 0) is 52.5 Å². The van der Waals surface area contributed by atoms with Gasteiger partial charge in [0.2, 0.25) is 0 Å². The van der Waals surface area contributed by atoms with E-state index in [0.717, 1.165) is 10.9 Å². The predicted molar refractivity (Wildman–Crippen MR) is 88.7 cm³/mol. The minimum absolute atomic E-state index is 0.00222. The van der Waals surface area contributed by atoms with E-state index < -0.39 is 0 Å². The quantitative estimate of drug-likeness (QED) is 0.750. The van der Waals surface area contributed by atoms with Gasteiger partial charge in [-0.25, -0.2) is 0 Å². The van der Waals surface area contributed by atoms with Crippen molar-refractivity contribution in [1.29, 1.82) is 0 Å². The first-order valence-corrected chi connectivity index (χ1v) is 8.28. The second-order valence-electron chi connectivity index (χ2n) is 4.67. The Labute approximate surface area is 136 Å². The molecule has 5 heteroatoms. The number of carbonyl (C=O) groups is 1. The molecule has 0 fully saturated rings. The second-order valence-corrected chi connectivity index (χ2v) is 7.00. The number of thiophene rings is 1. The normalized spacial score (nSPS) is 12.2. The van der Waals surface area contributed by atoms with E-state index in [9.17, 15) is 4.79 Å². The zero-order chi connectivity index (χ0) is 14.7. The lowest BCUT2D eigenvalue weighted by Crippen LogP contribution is -2.36. The zero-order valence-electron chi connectivity index (χ0n) is 11.3. The van der Waals surface area contributed by atoms with Crippen LogP contribution in [0.4, 0.5) is 0 Å². The molecule has 1 amide bonds. The van der Waals surface area contributed by atoms with Crippen molar-refractivity contribution in [2.45, 2.75) is 19.4 Å². The molecule has 0 saturated carbocycles. The molecular formula is C15H15BrClNOS. The van der Waals surface area contributed by atoms with Crippen LogP contribution >= 0.6 is 38.9 Å². The van der Waals surface area contributed by atoms with Gasteiger partial charge in [-0.2, -0.15) is 0 Å². The third-order valence-electron chi connectivity index (χ3n) is 3.22. The molecule has 0 saturated heterocycles. The third-order valence-corrected chi connectivity index (χ3v) is 5.01. The van der Waals surface area contributed by atoms with Gasteiger partial charge >= 0.3 is 0 Å². The minimum Gasteiger partial charge on any atom is -0.339 e. The highest BCUT2D eigenvalue weighted by atomic mass is 79.9. The van der Waals surface area contributed by atoms with Crippen LogP contribution < -0.4 is 0 Å². The molecule has 0 bridgehead atoms. The molecule has 1 aromatic heterocycles. The lowest BCUT2D eigenvalue weighted by molar-refractivity contribution is 0.0743. The highest BCUT2D eigenvalue weighted by Crippen LogP contribution is 2.23. The van der Waals surface area contributed by atoms with Crippen LogP contribution in [0.25, 0.3) is 0 Å². The smallest absolute Gasteiger partial charge is 0.254 e. The molecule has 0 spiro atoms. The topological polar surface area (TPSA) is 20.3 Å². The summed E-state index contributed by atoms with van der Waals surface area (Å²) in [5.74, 6) is -0.00222. The molecule has 1 atom stereocenters. The number of rotatable bonds is 4. The molecule has 106 valence electrons. The molecule has 2 aromatic rings. The van der Waals surface area contributed by atoms with Crippen molar-refractivity contribution in [2.75, 3.05) is 7.05 Å². The van der Waals surface area contributed by atoms with Gasteiger partial charge in [0, 0.05) is 33.9 Å². The first-order chi connectivity index (χ1) is 9.49. The SMILES string of the molecule is CC(Cc1cccs1)N(C)C(=O)c1ccc(Cl)cc1Br. The molecule has 2 rings (SSSR count). The average molecular weight is 373 g/mol. The lowest BCUT2D eigenvalue weighted by atomic mass is 10.1. The maximum Gasteiger partial charge on any atom is 0.254 e. The number of hydrogen-bond acceptors (Lipinski definition) is 2. The summed E-state index contributed by atoms with van der Waals surface area (Å²) in [6, 6.07) is 9.50. The van der Waals surface area contributed by atoms with Crippen molar-refractivity contribution in [3.05, 3.63) is 55.6 Å². The van der Waals surface area contributed by atoms with Crippen molar-refractivity contribution < 1.29 is 4.79 Å². The van der Waals surface area contributed by atoms with E-state index >= 15 is 0 Å². The second kappa shape index (κ2) is 6.74. The van der Waals surface area contributed by atoms with Crippen LogP contribution in [0, 0.1) is 0 Å². The Kier molecular flexibility index (Phi) is 5.24. The monoisotopic (exact) mass is 371 g/mol. The van der Waals surface area contributed by atoms with Crippen molar-refractivity contribution in [3.8, 4) is 0 Å². The van der Waals surface area contributed by atoms with Gasteiger partial charge in [0.25, 0.3) is 5.91 Å². The number of benzene rings is 1. The lowest BCUT2D eigenvalue weighted by Gasteiger charge is -2.25. The van der Waals surface area contributed by atoms with Crippen LogP contribution in [0.5, 0.6) is 0 Å². The highest BCUT2D eigenvalue weighted by molar-refractivity contribution is 9.10. The molecular weight excluding hydrogens is 358 g/mol. The third kappa shape index (κ3) is 3.62. The van der Waals surface area contributed by atoms with Crippen molar-refractivity contribution in [3.63, 3.8) is 0 Å². The highest BCUT2D eigenvalue weighted by Gasteiger charge is 2.20. The Hall–Kier alpha value is -0.840. The molecule has 1 unspecified atom stereocenters. The summed E-state index contributed by atoms with van der Waals surface area (Å²) in [6.45, 7) is 2.06. The summed E-state index contributed by atoms with van der Waals surface area (Å²) in [6.07, 6.45) is 0.866. The summed E-state index contributed by atoms with van der Waals surface area (Å²) >= 11 is 11.0. The summed E-state index contributed by atoms with van der Waals surface area (Å²) in [5, 5.41) is 2.67. The van der Waals surface area contributed by atoms with Gasteiger partial charge in [0.15, 0.2) is 0 Å². The maximum absolute atomic E-state index is 12.5. The molecule has 1 heterocycles. The first kappa shape index (κ1) is 15.5. The van der Waals surface area contributed by atoms with Gasteiger partial charge in [0.05, 0.1) is 5.56 Å². The molecule has 0 aliphatic carbocycles. The van der Waals surface area contributed by atoms with E-state index in [1.54, 1.807) is 34.4 Å². The van der Waals surface area contributed by atoms with E-state index in [-0.39, 0.29) is 11.9 Å². The van der Waals surface area contributed by atoms with Crippen molar-refractivity contribution in [1.82, 2.24) is 4.90 Å². The van der Waals surface area contributed by atoms with E-state index in [0.29, 0.717) is 10.6 Å². The number of likely N-dealkylation sites (N-methyl/N-ethyl adjacent to an activating group) is 1. The van der Waals surface area contributed by atoms with Crippen LogP contribution in [-0.4, -0.2) is 23.9 Å². The molecule has 20 heavy (non-hydrogen) atoms. The molecule has 2 nitrogen and oxygen atoms in total. The number of hydrogen-bond donors (Lipinski definition) is 0. The number of amides is 1. The van der Waals surface area contributed by atoms with Crippen molar-refractivity contribution in [2.24, 2.45) is 0 Å². The fourth-order valence-electron chi connectivity index (χ4n) is 1.91. The van der Waals surface area contributed by atoms with Crippen LogP contribution in [-0.2, 0) is 6.42 Å². The van der Waals surface area contributed by atoms with E-state index in [2.05, 4.69) is 34.3 Å². The summed E-state index contributed by atoms with van der Waals surface area (Å²) in [7, 11) is 1.83. The summed E-state index contributed by atoms with van der Waals surface area (Å²) in [4.78, 5) is 15.6. The molecule has 1 aromatic carbocycles. The van der Waals surface area contributed by atoms with Gasteiger partial charge in [0.1, 0.15) is 0 Å². The van der Waals surface area contributed by atoms with Crippen LogP contribution in [0.1, 0.15) is 22.2 Å². The van der Waals surface area contributed by atoms with Gasteiger partial charge in [-0.15, -0.1) is 11.3 Å². The Morgan fingerprint density at radius 2 is 2.20 bits per heavy atom. The Morgan fingerprint density at radius 3 is 2.80 bits per heavy atom. The minimum atomic E-state index is -0.00222. The van der Waals surface area contributed by atoms with Crippen LogP contribution in [0.3, 0.4) is 0 Å². The average Bonchev–Trinajstić information content (AvgIpc) is 2.90. The molecule has 0 N–H and O–H groups in total. The zero-order valence-corrected chi connectivity index (χ0v) is 14.4. The number of halogens is 2. The Morgan fingerprint density at radius 1 is 1.45 bits per heavy atom. The van der Waals surface area contributed by atoms with E-state index in [1.807, 2.05) is 13.1 Å². The Bertz CT molecular complexity index is 600. The van der Waals surface area contributed by atoms with E-state index in [1.165, 1.54) is 4.88 Å². The molecule has 0 aliphatic rings. The van der Waals surface area contributed by atoms with Gasteiger partial charge in [-0.3, -0.25) is 4.79 Å². The molecule has 0 aliphatic heterocycles. The predicted octanol–water partition coefficient (Wildman–Crippen LogP) is 4.87. The standard InChI is InChI=1S/C15H15BrClNOS/c1-10(8-12-4-3-7-20-12)18(2)15(19)13-6-5-11(17)9-14(13)16/h3-7,9-10H,8H2,1-2H3. The fourth-order valence-corrected chi connectivity index (χ4v) is 3.59. The van der Waals surface area contributed by atoms with Crippen LogP contribution in [0.2, 0.25) is 5.02 Å². The van der Waals surface area contributed by atoms with Gasteiger partial charge < -0.3 is 4.90 Å². The molecule has 0 radical (unpaired) electrons. The maximum atomic E-state index is 12.5. The summed E-state index contributed by atoms with van der Waals surface area (Å²) in [5.41, 5.74) is 0.634. The summed E-state index contributed by atoms with van der Waals surface area (Å²) < 4.78 is 0.727. The first-order valence-electron chi connectivity index (χ1n) is 6.23. The number of carbonyl (C=O) groups excluding carboxylic acids is 1. The van der Waals surface area contributed by atoms with Gasteiger partial charge in [-0.1, -0.05) is 17.7 Å². The Balaban J connectivity index is 2.11. The van der Waals surface area contributed by atoms with Crippen molar-refractivity contribution >= 4 is 44.8 Å². The largest absolute Gasteiger partial charge is 0.339 e. The number of nitrogens with zero attached hydrogens (tertiary/aromatic N) is 1. The van der Waals surface area contributed by atoms with E-state index in [4.69, 9.17) is 11.6 Å². The van der Waals surface area contributed by atoms with Crippen LogP contribution in [0.15, 0.2) is 40.2 Å². The fraction of sp³-hybridized carbons (Fsp3) is 0.267.